The summed E-state index contributed by atoms with van der Waals surface area (Å²) in [4.78, 5) is 15.1. The van der Waals surface area contributed by atoms with Crippen LogP contribution in [0, 0.1) is 0 Å². The molecular formula is C11H12N4O4S. The molecule has 2 aromatic rings. The van der Waals surface area contributed by atoms with Crippen LogP contribution in [0.3, 0.4) is 0 Å². The van der Waals surface area contributed by atoms with Crippen LogP contribution in [0.5, 0.6) is 0 Å². The minimum absolute atomic E-state index is 0.0313. The Bertz CT molecular complexity index is 738. The smallest absolute Gasteiger partial charge is 0.377 e. The number of carbonyl (C=O) groups excluding carboxylic acids is 1. The van der Waals surface area contributed by atoms with E-state index in [1.54, 1.807) is 18.2 Å². The lowest BCUT2D eigenvalue weighted by molar-refractivity contribution is 0.0587. The molecule has 2 rings (SSSR count). The summed E-state index contributed by atoms with van der Waals surface area (Å²) < 4.78 is 31.8. The first kappa shape index (κ1) is 14.2. The van der Waals surface area contributed by atoms with Crippen molar-refractivity contribution in [1.82, 2.24) is 19.5 Å². The van der Waals surface area contributed by atoms with Gasteiger partial charge >= 0.3 is 5.97 Å². The van der Waals surface area contributed by atoms with Gasteiger partial charge in [0.25, 0.3) is 5.82 Å². The number of aromatic nitrogens is 3. The molecule has 0 aliphatic rings. The second kappa shape index (κ2) is 5.39. The van der Waals surface area contributed by atoms with Gasteiger partial charge < -0.3 is 4.74 Å². The lowest BCUT2D eigenvalue weighted by atomic mass is 10.3. The molecule has 0 aliphatic carbocycles. The number of nitrogens with one attached hydrogen (secondary N) is 1. The molecular weight excluding hydrogens is 284 g/mol. The zero-order valence-electron chi connectivity index (χ0n) is 10.8. The van der Waals surface area contributed by atoms with Crippen LogP contribution >= 0.6 is 0 Å². The number of esters is 1. The number of hydrogen-bond acceptors (Lipinski definition) is 6. The number of benzene rings is 1. The third-order valence-corrected chi connectivity index (χ3v) is 3.99. The van der Waals surface area contributed by atoms with E-state index < -0.39 is 16.0 Å². The summed E-state index contributed by atoms with van der Waals surface area (Å²) in [5, 5.41) is 3.90. The van der Waals surface area contributed by atoms with Crippen LogP contribution in [0.1, 0.15) is 10.6 Å². The Morgan fingerprint density at radius 2 is 2.05 bits per heavy atom. The fourth-order valence-corrected chi connectivity index (χ4v) is 2.46. The van der Waals surface area contributed by atoms with Crippen molar-refractivity contribution in [3.63, 3.8) is 0 Å². The fraction of sp³-hybridized carbons (Fsp3) is 0.182. The lowest BCUT2D eigenvalue weighted by Gasteiger charge is -2.08. The molecule has 0 bridgehead atoms. The summed E-state index contributed by atoms with van der Waals surface area (Å²) in [5.74, 6) is -0.845. The molecule has 1 N–H and O–H groups in total. The Morgan fingerprint density at radius 3 is 2.70 bits per heavy atom. The minimum Gasteiger partial charge on any atom is -0.463 e. The van der Waals surface area contributed by atoms with Crippen molar-refractivity contribution in [2.24, 2.45) is 0 Å². The first-order chi connectivity index (χ1) is 9.49. The predicted octanol–water partition coefficient (Wildman–Crippen LogP) is -0.0380. The van der Waals surface area contributed by atoms with Crippen molar-refractivity contribution in [2.45, 2.75) is 4.90 Å². The van der Waals surface area contributed by atoms with E-state index in [0.29, 0.717) is 0 Å². The van der Waals surface area contributed by atoms with Crippen molar-refractivity contribution in [1.29, 1.82) is 0 Å². The average molecular weight is 296 g/mol. The molecule has 1 aromatic heterocycles. The van der Waals surface area contributed by atoms with Crippen molar-refractivity contribution in [2.75, 3.05) is 14.2 Å². The van der Waals surface area contributed by atoms with Crippen LogP contribution in [0.15, 0.2) is 35.5 Å². The standard InChI is InChI=1S/C11H12N4O4S/c1-12-20(17,18)9-6-4-3-5-8(9)15-7-13-10(14-15)11(16)19-2/h3-7,12H,1-2H3. The highest BCUT2D eigenvalue weighted by Gasteiger charge is 2.19. The number of nitrogens with zero attached hydrogens (tertiary/aromatic N) is 3. The minimum atomic E-state index is -3.65. The maximum absolute atomic E-state index is 11.9. The Balaban J connectivity index is 2.54. The highest BCUT2D eigenvalue weighted by molar-refractivity contribution is 7.89. The van der Waals surface area contributed by atoms with Crippen LogP contribution in [0.25, 0.3) is 5.69 Å². The van der Waals surface area contributed by atoms with Gasteiger partial charge in [0.1, 0.15) is 11.2 Å². The molecule has 1 heterocycles. The Hall–Kier alpha value is -2.26. The summed E-state index contributed by atoms with van der Waals surface area (Å²) in [6.45, 7) is 0. The normalized spacial score (nSPS) is 11.3. The topological polar surface area (TPSA) is 103 Å². The second-order valence-corrected chi connectivity index (χ2v) is 5.53. The molecule has 0 spiro atoms. The van der Waals surface area contributed by atoms with E-state index in [1.165, 1.54) is 31.2 Å². The third kappa shape index (κ3) is 2.53. The van der Waals surface area contributed by atoms with E-state index in [-0.39, 0.29) is 16.4 Å². The van der Waals surface area contributed by atoms with Gasteiger partial charge in [-0.1, -0.05) is 12.1 Å². The van der Waals surface area contributed by atoms with Gasteiger partial charge in [-0.25, -0.2) is 27.6 Å². The van der Waals surface area contributed by atoms with Crippen LogP contribution < -0.4 is 4.72 Å². The number of para-hydroxylation sites is 1. The van der Waals surface area contributed by atoms with E-state index in [0.717, 1.165) is 0 Å². The zero-order chi connectivity index (χ0) is 14.8. The van der Waals surface area contributed by atoms with Gasteiger partial charge in [0.15, 0.2) is 0 Å². The Kier molecular flexibility index (Phi) is 3.81. The summed E-state index contributed by atoms with van der Waals surface area (Å²) in [7, 11) is -1.12. The van der Waals surface area contributed by atoms with Crippen LogP contribution in [0.4, 0.5) is 0 Å². The highest BCUT2D eigenvalue weighted by Crippen LogP contribution is 2.18. The van der Waals surface area contributed by atoms with Crippen molar-refractivity contribution < 1.29 is 17.9 Å². The molecule has 0 radical (unpaired) electrons. The molecule has 9 heteroatoms. The summed E-state index contributed by atoms with van der Waals surface area (Å²) in [6, 6.07) is 6.23. The number of hydrogen-bond donors (Lipinski definition) is 1. The van der Waals surface area contributed by atoms with Gasteiger partial charge in [-0.05, 0) is 19.2 Å². The summed E-state index contributed by atoms with van der Waals surface area (Å²) >= 11 is 0. The molecule has 106 valence electrons. The molecule has 0 fully saturated rings. The molecule has 8 nitrogen and oxygen atoms in total. The molecule has 0 saturated heterocycles. The maximum Gasteiger partial charge on any atom is 0.377 e. The SMILES string of the molecule is CNS(=O)(=O)c1ccccc1-n1cnc(C(=O)OC)n1. The highest BCUT2D eigenvalue weighted by atomic mass is 32.2. The number of sulfonamides is 1. The molecule has 0 saturated carbocycles. The average Bonchev–Trinajstić information content (AvgIpc) is 2.96. The molecule has 1 aromatic carbocycles. The zero-order valence-corrected chi connectivity index (χ0v) is 11.6. The third-order valence-electron chi connectivity index (χ3n) is 2.53. The van der Waals surface area contributed by atoms with Gasteiger partial charge in [-0.3, -0.25) is 0 Å². The first-order valence-corrected chi connectivity index (χ1v) is 7.01. The Labute approximate surface area is 115 Å². The van der Waals surface area contributed by atoms with Crippen LogP contribution in [-0.2, 0) is 14.8 Å². The van der Waals surface area contributed by atoms with Gasteiger partial charge in [0.05, 0.1) is 12.8 Å². The number of ether oxygens (including phenoxy) is 1. The van der Waals surface area contributed by atoms with Gasteiger partial charge in [-0.15, -0.1) is 5.10 Å². The lowest BCUT2D eigenvalue weighted by Crippen LogP contribution is -2.20. The van der Waals surface area contributed by atoms with Gasteiger partial charge in [-0.2, -0.15) is 0 Å². The van der Waals surface area contributed by atoms with E-state index in [1.807, 2.05) is 0 Å². The van der Waals surface area contributed by atoms with Crippen LogP contribution in [0.2, 0.25) is 0 Å². The first-order valence-electron chi connectivity index (χ1n) is 5.52. The molecule has 0 atom stereocenters. The van der Waals surface area contributed by atoms with E-state index in [9.17, 15) is 13.2 Å². The van der Waals surface area contributed by atoms with Gasteiger partial charge in [0, 0.05) is 0 Å². The second-order valence-electron chi connectivity index (χ2n) is 3.68. The van der Waals surface area contributed by atoms with Crippen molar-refractivity contribution >= 4 is 16.0 Å². The summed E-state index contributed by atoms with van der Waals surface area (Å²) in [6.07, 6.45) is 1.25. The van der Waals surface area contributed by atoms with E-state index in [2.05, 4.69) is 19.5 Å². The monoisotopic (exact) mass is 296 g/mol. The van der Waals surface area contributed by atoms with E-state index in [4.69, 9.17) is 0 Å². The van der Waals surface area contributed by atoms with Crippen molar-refractivity contribution in [3.05, 3.63) is 36.4 Å². The fourth-order valence-electron chi connectivity index (χ4n) is 1.55. The van der Waals surface area contributed by atoms with Crippen molar-refractivity contribution in [3.8, 4) is 5.69 Å². The molecule has 0 amide bonds. The predicted molar refractivity (Wildman–Crippen MR) is 68.9 cm³/mol. The van der Waals surface area contributed by atoms with Gasteiger partial charge in [0.2, 0.25) is 10.0 Å². The Morgan fingerprint density at radius 1 is 1.35 bits per heavy atom. The quantitative estimate of drug-likeness (QED) is 0.794. The maximum atomic E-state index is 11.9. The summed E-state index contributed by atoms with van der Waals surface area (Å²) in [5.41, 5.74) is 0.282. The number of rotatable bonds is 4. The molecule has 0 unspecified atom stereocenters. The molecule has 0 aliphatic heterocycles. The largest absolute Gasteiger partial charge is 0.463 e. The number of carbonyl (C=O) groups is 1. The number of methoxy groups -OCH3 is 1. The van der Waals surface area contributed by atoms with E-state index >= 15 is 0 Å². The molecule has 20 heavy (non-hydrogen) atoms. The van der Waals surface area contributed by atoms with Crippen LogP contribution in [-0.4, -0.2) is 43.3 Å².